The standard InChI is InChI=1S/C14H15N3O4/c1-9-15-12(17-21-9)13(18)16-11(14(19)20)8-7-10-5-3-2-4-6-10/h2-6,11H,7-8H2,1H3,(H,16,18)(H,19,20)/t11-/m0/s1. The lowest BCUT2D eigenvalue weighted by Gasteiger charge is -2.13. The largest absolute Gasteiger partial charge is 0.480 e. The number of carboxylic acid groups (broad SMARTS) is 1. The Morgan fingerprint density at radius 3 is 2.62 bits per heavy atom. The molecule has 0 bridgehead atoms. The number of benzene rings is 1. The van der Waals surface area contributed by atoms with Gasteiger partial charge in [-0.1, -0.05) is 35.5 Å². The molecule has 1 aromatic carbocycles. The lowest BCUT2D eigenvalue weighted by atomic mass is 10.1. The summed E-state index contributed by atoms with van der Waals surface area (Å²) in [5, 5.41) is 15.0. The molecule has 21 heavy (non-hydrogen) atoms. The predicted molar refractivity (Wildman–Crippen MR) is 72.7 cm³/mol. The van der Waals surface area contributed by atoms with E-state index >= 15 is 0 Å². The van der Waals surface area contributed by atoms with Crippen molar-refractivity contribution in [3.63, 3.8) is 0 Å². The van der Waals surface area contributed by atoms with Crippen LogP contribution < -0.4 is 5.32 Å². The predicted octanol–water partition coefficient (Wildman–Crippen LogP) is 1.19. The molecular formula is C14H15N3O4. The molecule has 0 spiro atoms. The van der Waals surface area contributed by atoms with Crippen LogP contribution in [0.25, 0.3) is 0 Å². The number of amides is 1. The molecule has 0 aliphatic heterocycles. The molecule has 7 heteroatoms. The molecule has 2 N–H and O–H groups in total. The Morgan fingerprint density at radius 1 is 1.33 bits per heavy atom. The second kappa shape index (κ2) is 6.65. The number of rotatable bonds is 6. The number of aliphatic carboxylic acids is 1. The van der Waals surface area contributed by atoms with Crippen molar-refractivity contribution in [1.29, 1.82) is 0 Å². The highest BCUT2D eigenvalue weighted by atomic mass is 16.5. The number of carboxylic acids is 1. The van der Waals surface area contributed by atoms with Gasteiger partial charge in [0.15, 0.2) is 0 Å². The molecule has 1 amide bonds. The van der Waals surface area contributed by atoms with Crippen molar-refractivity contribution in [2.75, 3.05) is 0 Å². The van der Waals surface area contributed by atoms with E-state index in [1.807, 2.05) is 30.3 Å². The maximum Gasteiger partial charge on any atom is 0.326 e. The minimum absolute atomic E-state index is 0.168. The zero-order chi connectivity index (χ0) is 15.2. The molecule has 0 radical (unpaired) electrons. The number of carbonyl (C=O) groups is 2. The van der Waals surface area contributed by atoms with E-state index in [9.17, 15) is 14.7 Å². The average molecular weight is 289 g/mol. The lowest BCUT2D eigenvalue weighted by Crippen LogP contribution is -2.41. The van der Waals surface area contributed by atoms with Gasteiger partial charge >= 0.3 is 5.97 Å². The average Bonchev–Trinajstić information content (AvgIpc) is 2.90. The van der Waals surface area contributed by atoms with E-state index in [0.717, 1.165) is 5.56 Å². The smallest absolute Gasteiger partial charge is 0.326 e. The molecule has 1 aromatic heterocycles. The van der Waals surface area contributed by atoms with E-state index in [-0.39, 0.29) is 18.1 Å². The fraction of sp³-hybridized carbons (Fsp3) is 0.286. The number of nitrogens with zero attached hydrogens (tertiary/aromatic N) is 2. The summed E-state index contributed by atoms with van der Waals surface area (Å²) < 4.78 is 4.69. The molecule has 7 nitrogen and oxygen atoms in total. The van der Waals surface area contributed by atoms with Crippen molar-refractivity contribution in [3.05, 3.63) is 47.6 Å². The fourth-order valence-corrected chi connectivity index (χ4v) is 1.83. The first kappa shape index (κ1) is 14.7. The minimum Gasteiger partial charge on any atom is -0.480 e. The van der Waals surface area contributed by atoms with Crippen molar-refractivity contribution >= 4 is 11.9 Å². The summed E-state index contributed by atoms with van der Waals surface area (Å²) in [6, 6.07) is 8.46. The molecule has 0 aliphatic carbocycles. The van der Waals surface area contributed by atoms with Gasteiger partial charge in [0.05, 0.1) is 0 Å². The maximum atomic E-state index is 11.8. The Hall–Kier alpha value is -2.70. The van der Waals surface area contributed by atoms with Gasteiger partial charge in [0.25, 0.3) is 11.7 Å². The Balaban J connectivity index is 1.96. The van der Waals surface area contributed by atoms with Crippen molar-refractivity contribution in [2.45, 2.75) is 25.8 Å². The molecule has 1 atom stereocenters. The highest BCUT2D eigenvalue weighted by Gasteiger charge is 2.23. The number of carbonyl (C=O) groups excluding carboxylic acids is 1. The SMILES string of the molecule is Cc1nc(C(=O)N[C@@H](CCc2ccccc2)C(=O)O)no1. The fourth-order valence-electron chi connectivity index (χ4n) is 1.83. The van der Waals surface area contributed by atoms with E-state index in [1.54, 1.807) is 6.92 Å². The van der Waals surface area contributed by atoms with Gasteiger partial charge in [0.1, 0.15) is 6.04 Å². The van der Waals surface area contributed by atoms with E-state index in [2.05, 4.69) is 20.0 Å². The van der Waals surface area contributed by atoms with Crippen molar-refractivity contribution in [3.8, 4) is 0 Å². The zero-order valence-electron chi connectivity index (χ0n) is 11.4. The number of aryl methyl sites for hydroxylation is 2. The second-order valence-electron chi connectivity index (χ2n) is 4.53. The first-order chi connectivity index (χ1) is 10.1. The van der Waals surface area contributed by atoms with Gasteiger partial charge in [-0.05, 0) is 18.4 Å². The lowest BCUT2D eigenvalue weighted by molar-refractivity contribution is -0.139. The van der Waals surface area contributed by atoms with Gasteiger partial charge in [-0.25, -0.2) is 4.79 Å². The van der Waals surface area contributed by atoms with Crippen LogP contribution in [-0.4, -0.2) is 33.2 Å². The third-order valence-electron chi connectivity index (χ3n) is 2.90. The Morgan fingerprint density at radius 2 is 2.05 bits per heavy atom. The van der Waals surface area contributed by atoms with Gasteiger partial charge in [-0.2, -0.15) is 4.98 Å². The van der Waals surface area contributed by atoms with Crippen LogP contribution >= 0.6 is 0 Å². The maximum absolute atomic E-state index is 11.8. The summed E-state index contributed by atoms with van der Waals surface area (Å²) in [5.74, 6) is -1.68. The van der Waals surface area contributed by atoms with Crippen molar-refractivity contribution in [1.82, 2.24) is 15.5 Å². The van der Waals surface area contributed by atoms with Crippen LogP contribution in [0.15, 0.2) is 34.9 Å². The molecule has 110 valence electrons. The molecular weight excluding hydrogens is 274 g/mol. The van der Waals surface area contributed by atoms with Gasteiger partial charge in [0.2, 0.25) is 5.89 Å². The normalized spacial score (nSPS) is 11.9. The molecule has 0 unspecified atom stereocenters. The highest BCUT2D eigenvalue weighted by Crippen LogP contribution is 2.06. The first-order valence-corrected chi connectivity index (χ1v) is 6.44. The molecule has 2 aromatic rings. The Labute approximate surface area is 121 Å². The number of hydrogen-bond acceptors (Lipinski definition) is 5. The van der Waals surface area contributed by atoms with Gasteiger partial charge in [0, 0.05) is 6.92 Å². The summed E-state index contributed by atoms with van der Waals surface area (Å²) in [5.41, 5.74) is 1.01. The van der Waals surface area contributed by atoms with Gasteiger partial charge in [-0.3, -0.25) is 4.79 Å². The van der Waals surface area contributed by atoms with E-state index in [4.69, 9.17) is 0 Å². The molecule has 0 saturated heterocycles. The van der Waals surface area contributed by atoms with Crippen LogP contribution in [-0.2, 0) is 11.2 Å². The summed E-state index contributed by atoms with van der Waals surface area (Å²) in [4.78, 5) is 26.8. The van der Waals surface area contributed by atoms with Gasteiger partial charge in [-0.15, -0.1) is 0 Å². The van der Waals surface area contributed by atoms with Crippen LogP contribution in [0.1, 0.15) is 28.5 Å². The summed E-state index contributed by atoms with van der Waals surface area (Å²) in [7, 11) is 0. The summed E-state index contributed by atoms with van der Waals surface area (Å²) in [6.07, 6.45) is 0.825. The topological polar surface area (TPSA) is 105 Å². The molecule has 1 heterocycles. The first-order valence-electron chi connectivity index (χ1n) is 6.44. The van der Waals surface area contributed by atoms with E-state index in [1.165, 1.54) is 0 Å². The van der Waals surface area contributed by atoms with Crippen LogP contribution in [0.5, 0.6) is 0 Å². The Kier molecular flexibility index (Phi) is 4.65. The molecule has 0 saturated carbocycles. The third kappa shape index (κ3) is 4.13. The zero-order valence-corrected chi connectivity index (χ0v) is 11.4. The number of nitrogens with one attached hydrogen (secondary N) is 1. The molecule has 0 aliphatic rings. The van der Waals surface area contributed by atoms with Crippen LogP contribution in [0, 0.1) is 6.92 Å². The van der Waals surface area contributed by atoms with Crippen LogP contribution in [0.3, 0.4) is 0 Å². The number of aromatic nitrogens is 2. The summed E-state index contributed by atoms with van der Waals surface area (Å²) in [6.45, 7) is 1.55. The monoisotopic (exact) mass is 289 g/mol. The number of hydrogen-bond donors (Lipinski definition) is 2. The quantitative estimate of drug-likeness (QED) is 0.827. The van der Waals surface area contributed by atoms with Crippen LogP contribution in [0.2, 0.25) is 0 Å². The van der Waals surface area contributed by atoms with Crippen molar-refractivity contribution < 1.29 is 19.2 Å². The molecule has 0 fully saturated rings. The highest BCUT2D eigenvalue weighted by molar-refractivity contribution is 5.93. The van der Waals surface area contributed by atoms with Crippen LogP contribution in [0.4, 0.5) is 0 Å². The summed E-state index contributed by atoms with van der Waals surface area (Å²) >= 11 is 0. The Bertz CT molecular complexity index is 624. The minimum atomic E-state index is -1.10. The second-order valence-corrected chi connectivity index (χ2v) is 4.53. The third-order valence-corrected chi connectivity index (χ3v) is 2.90. The molecule has 2 rings (SSSR count). The van der Waals surface area contributed by atoms with E-state index in [0.29, 0.717) is 6.42 Å². The van der Waals surface area contributed by atoms with E-state index < -0.39 is 17.9 Å². The van der Waals surface area contributed by atoms with Gasteiger partial charge < -0.3 is 14.9 Å². The van der Waals surface area contributed by atoms with Crippen molar-refractivity contribution in [2.24, 2.45) is 0 Å².